The molecule has 3 heteroatoms. The van der Waals surface area contributed by atoms with Gasteiger partial charge in [0.25, 0.3) is 0 Å². The van der Waals surface area contributed by atoms with E-state index in [-0.39, 0.29) is 0 Å². The first-order valence-corrected chi connectivity index (χ1v) is 15.5. The Labute approximate surface area is 266 Å². The van der Waals surface area contributed by atoms with Crippen LogP contribution in [0.1, 0.15) is 0 Å². The lowest BCUT2D eigenvalue weighted by molar-refractivity contribution is 0.669. The standard InChI is InChI=1S/C43H28N2O/c1-2-7-29(8-3-1)31-15-19-37(20-16-31)45(38-21-17-32(18-22-38)34-14-13-30-9-4-5-10-33(30)25-34)40-11-6-12-41-43(40)39-26-35-23-24-44-28-36(35)27-42(39)46-41/h1-28H. The zero-order valence-corrected chi connectivity index (χ0v) is 25.0. The molecule has 0 spiro atoms. The van der Waals surface area contributed by atoms with Crippen molar-refractivity contribution in [1.82, 2.24) is 4.98 Å². The Morgan fingerprint density at radius 3 is 1.87 bits per heavy atom. The number of hydrogen-bond acceptors (Lipinski definition) is 3. The molecule has 9 aromatic rings. The van der Waals surface area contributed by atoms with Crippen LogP contribution in [0.25, 0.3) is 65.7 Å². The summed E-state index contributed by atoms with van der Waals surface area (Å²) in [6.07, 6.45) is 3.73. The summed E-state index contributed by atoms with van der Waals surface area (Å²) in [6, 6.07) is 56.1. The molecule has 0 saturated carbocycles. The molecule has 216 valence electrons. The SMILES string of the molecule is c1ccc(-c2ccc(N(c3ccc(-c4ccc5ccccc5c4)cc3)c3cccc4oc5cc6cnccc6cc5c34)cc2)cc1. The van der Waals surface area contributed by atoms with E-state index in [0.29, 0.717) is 0 Å². The van der Waals surface area contributed by atoms with Gasteiger partial charge in [-0.15, -0.1) is 0 Å². The first-order valence-electron chi connectivity index (χ1n) is 15.5. The first-order chi connectivity index (χ1) is 22.8. The summed E-state index contributed by atoms with van der Waals surface area (Å²) < 4.78 is 6.46. The van der Waals surface area contributed by atoms with Gasteiger partial charge in [0.1, 0.15) is 11.2 Å². The predicted molar refractivity (Wildman–Crippen MR) is 192 cm³/mol. The molecule has 2 heterocycles. The molecular weight excluding hydrogens is 560 g/mol. The molecule has 9 rings (SSSR count). The molecule has 0 aliphatic heterocycles. The average molecular weight is 589 g/mol. The number of pyridine rings is 1. The van der Waals surface area contributed by atoms with Crippen molar-refractivity contribution in [1.29, 1.82) is 0 Å². The van der Waals surface area contributed by atoms with Crippen molar-refractivity contribution in [3.05, 3.63) is 170 Å². The molecule has 0 amide bonds. The molecule has 0 unspecified atom stereocenters. The minimum absolute atomic E-state index is 0.856. The van der Waals surface area contributed by atoms with Crippen LogP contribution in [0.2, 0.25) is 0 Å². The highest BCUT2D eigenvalue weighted by atomic mass is 16.3. The van der Waals surface area contributed by atoms with Crippen LogP contribution in [0, 0.1) is 0 Å². The number of rotatable bonds is 5. The van der Waals surface area contributed by atoms with E-state index in [1.165, 1.54) is 33.0 Å². The Balaban J connectivity index is 1.21. The molecule has 0 N–H and O–H groups in total. The molecular formula is C43H28N2O. The number of hydrogen-bond donors (Lipinski definition) is 0. The molecule has 0 radical (unpaired) electrons. The molecule has 2 aromatic heterocycles. The van der Waals surface area contributed by atoms with Gasteiger partial charge in [-0.05, 0) is 99.1 Å². The third kappa shape index (κ3) is 4.49. The van der Waals surface area contributed by atoms with Crippen molar-refractivity contribution in [3.63, 3.8) is 0 Å². The predicted octanol–water partition coefficient (Wildman–Crippen LogP) is 12.1. The summed E-state index contributed by atoms with van der Waals surface area (Å²) >= 11 is 0. The lowest BCUT2D eigenvalue weighted by atomic mass is 10.0. The number of furan rings is 1. The van der Waals surface area contributed by atoms with Crippen LogP contribution in [0.4, 0.5) is 17.1 Å². The fourth-order valence-electron chi connectivity index (χ4n) is 6.61. The van der Waals surface area contributed by atoms with E-state index >= 15 is 0 Å². The summed E-state index contributed by atoms with van der Waals surface area (Å²) in [5.74, 6) is 0. The summed E-state index contributed by atoms with van der Waals surface area (Å²) in [5.41, 5.74) is 9.69. The van der Waals surface area contributed by atoms with Gasteiger partial charge in [-0.25, -0.2) is 0 Å². The highest BCUT2D eigenvalue weighted by Gasteiger charge is 2.20. The number of aromatic nitrogens is 1. The molecule has 0 aliphatic rings. The van der Waals surface area contributed by atoms with Gasteiger partial charge in [-0.3, -0.25) is 4.98 Å². The van der Waals surface area contributed by atoms with Gasteiger partial charge in [0.05, 0.1) is 11.1 Å². The maximum absolute atomic E-state index is 6.46. The molecule has 0 bridgehead atoms. The van der Waals surface area contributed by atoms with Crippen LogP contribution in [0.3, 0.4) is 0 Å². The second-order valence-electron chi connectivity index (χ2n) is 11.7. The van der Waals surface area contributed by atoms with Crippen molar-refractivity contribution in [2.45, 2.75) is 0 Å². The topological polar surface area (TPSA) is 29.3 Å². The van der Waals surface area contributed by atoms with E-state index in [0.717, 1.165) is 49.8 Å². The zero-order chi connectivity index (χ0) is 30.5. The van der Waals surface area contributed by atoms with E-state index in [9.17, 15) is 0 Å². The van der Waals surface area contributed by atoms with Crippen LogP contribution < -0.4 is 4.90 Å². The van der Waals surface area contributed by atoms with Crippen LogP contribution in [-0.2, 0) is 0 Å². The molecule has 7 aromatic carbocycles. The zero-order valence-electron chi connectivity index (χ0n) is 25.0. The molecule has 3 nitrogen and oxygen atoms in total. The normalized spacial score (nSPS) is 11.5. The lowest BCUT2D eigenvalue weighted by Gasteiger charge is -2.26. The molecule has 0 saturated heterocycles. The van der Waals surface area contributed by atoms with Gasteiger partial charge < -0.3 is 9.32 Å². The molecule has 46 heavy (non-hydrogen) atoms. The summed E-state index contributed by atoms with van der Waals surface area (Å²) in [6.45, 7) is 0. The molecule has 0 atom stereocenters. The number of fused-ring (bicyclic) bond motifs is 5. The van der Waals surface area contributed by atoms with Crippen molar-refractivity contribution in [2.24, 2.45) is 0 Å². The van der Waals surface area contributed by atoms with Crippen molar-refractivity contribution < 1.29 is 4.42 Å². The third-order valence-corrected chi connectivity index (χ3v) is 8.91. The van der Waals surface area contributed by atoms with Gasteiger partial charge in [-0.1, -0.05) is 97.1 Å². The van der Waals surface area contributed by atoms with E-state index in [4.69, 9.17) is 4.42 Å². The second-order valence-corrected chi connectivity index (χ2v) is 11.7. The lowest BCUT2D eigenvalue weighted by Crippen LogP contribution is -2.10. The van der Waals surface area contributed by atoms with E-state index < -0.39 is 0 Å². The fourth-order valence-corrected chi connectivity index (χ4v) is 6.61. The Hall–Kier alpha value is -6.19. The molecule has 0 fully saturated rings. The molecule has 0 aliphatic carbocycles. The van der Waals surface area contributed by atoms with Gasteiger partial charge in [-0.2, -0.15) is 0 Å². The number of nitrogens with zero attached hydrogens (tertiary/aromatic N) is 2. The van der Waals surface area contributed by atoms with Crippen LogP contribution in [0.15, 0.2) is 175 Å². The minimum Gasteiger partial charge on any atom is -0.456 e. The van der Waals surface area contributed by atoms with Crippen molar-refractivity contribution in [3.8, 4) is 22.3 Å². The second kappa shape index (κ2) is 10.8. The monoisotopic (exact) mass is 588 g/mol. The van der Waals surface area contributed by atoms with E-state index in [1.54, 1.807) is 0 Å². The fraction of sp³-hybridized carbons (Fsp3) is 0. The van der Waals surface area contributed by atoms with Gasteiger partial charge in [0.2, 0.25) is 0 Å². The highest BCUT2D eigenvalue weighted by Crippen LogP contribution is 2.44. The van der Waals surface area contributed by atoms with Crippen molar-refractivity contribution >= 4 is 60.5 Å². The maximum Gasteiger partial charge on any atom is 0.137 e. The summed E-state index contributed by atoms with van der Waals surface area (Å²) in [5, 5.41) is 6.86. The van der Waals surface area contributed by atoms with E-state index in [2.05, 4.69) is 168 Å². The Bertz CT molecular complexity index is 2510. The summed E-state index contributed by atoms with van der Waals surface area (Å²) in [4.78, 5) is 6.66. The van der Waals surface area contributed by atoms with Crippen LogP contribution in [0.5, 0.6) is 0 Å². The van der Waals surface area contributed by atoms with Crippen LogP contribution >= 0.6 is 0 Å². The highest BCUT2D eigenvalue weighted by molar-refractivity contribution is 6.16. The number of benzene rings is 7. The summed E-state index contributed by atoms with van der Waals surface area (Å²) in [7, 11) is 0. The average Bonchev–Trinajstić information content (AvgIpc) is 3.49. The quantitative estimate of drug-likeness (QED) is 0.200. The van der Waals surface area contributed by atoms with Crippen LogP contribution in [-0.4, -0.2) is 4.98 Å². The third-order valence-electron chi connectivity index (χ3n) is 8.91. The van der Waals surface area contributed by atoms with Crippen molar-refractivity contribution in [2.75, 3.05) is 4.90 Å². The maximum atomic E-state index is 6.46. The Morgan fingerprint density at radius 2 is 1.09 bits per heavy atom. The largest absolute Gasteiger partial charge is 0.456 e. The minimum atomic E-state index is 0.856. The van der Waals surface area contributed by atoms with Gasteiger partial charge >= 0.3 is 0 Å². The smallest absolute Gasteiger partial charge is 0.137 e. The van der Waals surface area contributed by atoms with Gasteiger partial charge in [0, 0.05) is 34.5 Å². The van der Waals surface area contributed by atoms with E-state index in [1.807, 2.05) is 12.4 Å². The Morgan fingerprint density at radius 1 is 0.435 bits per heavy atom. The Kier molecular flexibility index (Phi) is 6.14. The first kappa shape index (κ1) is 26.2. The van der Waals surface area contributed by atoms with Gasteiger partial charge in [0.15, 0.2) is 0 Å². The number of anilines is 3.